The number of benzene rings is 1. The van der Waals surface area contributed by atoms with Gasteiger partial charge in [-0.25, -0.2) is 0 Å². The quantitative estimate of drug-likeness (QED) is 0.799. The highest BCUT2D eigenvalue weighted by molar-refractivity contribution is 5.85. The maximum atomic E-state index is 10.3. The van der Waals surface area contributed by atoms with Gasteiger partial charge in [-0.3, -0.25) is 4.79 Å². The van der Waals surface area contributed by atoms with E-state index in [0.717, 1.165) is 17.1 Å². The number of hydrogen-bond donors (Lipinski definition) is 2. The van der Waals surface area contributed by atoms with Crippen LogP contribution in [-0.2, 0) is 11.3 Å². The Morgan fingerprint density at radius 1 is 1.16 bits per heavy atom. The zero-order valence-corrected chi connectivity index (χ0v) is 11.2. The average Bonchev–Trinajstić information content (AvgIpc) is 2.84. The summed E-state index contributed by atoms with van der Waals surface area (Å²) in [6.07, 6.45) is 0.117. The first-order chi connectivity index (χ1) is 8.75. The molecule has 0 atom stereocenters. The van der Waals surface area contributed by atoms with E-state index >= 15 is 0 Å². The highest BCUT2D eigenvalue weighted by Crippen LogP contribution is 2.21. The lowest BCUT2D eigenvalue weighted by atomic mass is 10.2. The van der Waals surface area contributed by atoms with E-state index in [0.29, 0.717) is 13.1 Å². The van der Waals surface area contributed by atoms with Crippen LogP contribution in [0.1, 0.15) is 12.2 Å². The second kappa shape index (κ2) is 7.61. The van der Waals surface area contributed by atoms with E-state index in [1.165, 1.54) is 0 Å². The summed E-state index contributed by atoms with van der Waals surface area (Å²) in [6, 6.07) is 13.7. The van der Waals surface area contributed by atoms with Crippen LogP contribution in [0.15, 0.2) is 46.9 Å². The number of hydrogen-bond acceptors (Lipinski definition) is 3. The maximum absolute atomic E-state index is 10.3. The monoisotopic (exact) mass is 281 g/mol. The van der Waals surface area contributed by atoms with Gasteiger partial charge >= 0.3 is 5.97 Å². The van der Waals surface area contributed by atoms with Gasteiger partial charge in [0.15, 0.2) is 0 Å². The molecule has 2 N–H and O–H groups in total. The molecule has 1 aromatic carbocycles. The predicted molar refractivity (Wildman–Crippen MR) is 75.4 cm³/mol. The normalized spacial score (nSPS) is 9.89. The van der Waals surface area contributed by atoms with Crippen molar-refractivity contribution in [2.45, 2.75) is 13.0 Å². The van der Waals surface area contributed by atoms with Gasteiger partial charge in [-0.05, 0) is 12.1 Å². The summed E-state index contributed by atoms with van der Waals surface area (Å²) >= 11 is 0. The minimum atomic E-state index is -0.799. The second-order valence-electron chi connectivity index (χ2n) is 3.95. The van der Waals surface area contributed by atoms with Crippen LogP contribution in [0.2, 0.25) is 0 Å². The molecule has 0 aliphatic carbocycles. The Morgan fingerprint density at radius 3 is 2.58 bits per heavy atom. The fraction of sp³-hybridized carbons (Fsp3) is 0.214. The van der Waals surface area contributed by atoms with Crippen LogP contribution < -0.4 is 5.32 Å². The third-order valence-corrected chi connectivity index (χ3v) is 2.53. The number of rotatable bonds is 6. The van der Waals surface area contributed by atoms with Gasteiger partial charge in [0.05, 0.1) is 13.0 Å². The molecule has 0 unspecified atom stereocenters. The van der Waals surface area contributed by atoms with Crippen molar-refractivity contribution in [3.63, 3.8) is 0 Å². The highest BCUT2D eigenvalue weighted by atomic mass is 35.5. The molecule has 0 fully saturated rings. The van der Waals surface area contributed by atoms with Gasteiger partial charge in [0, 0.05) is 12.1 Å². The Labute approximate surface area is 117 Å². The molecule has 0 radical (unpaired) electrons. The van der Waals surface area contributed by atoms with Crippen molar-refractivity contribution in [1.29, 1.82) is 0 Å². The van der Waals surface area contributed by atoms with E-state index in [4.69, 9.17) is 9.52 Å². The summed E-state index contributed by atoms with van der Waals surface area (Å²) in [5, 5.41) is 11.5. The molecule has 0 amide bonds. The van der Waals surface area contributed by atoms with Crippen molar-refractivity contribution in [3.05, 3.63) is 48.2 Å². The molecule has 102 valence electrons. The summed E-state index contributed by atoms with van der Waals surface area (Å²) in [5.74, 6) is 0.830. The first-order valence-corrected chi connectivity index (χ1v) is 5.82. The lowest BCUT2D eigenvalue weighted by Gasteiger charge is -2.00. The molecule has 0 aliphatic rings. The molecule has 1 heterocycles. The molecular formula is C14H16ClNO3. The van der Waals surface area contributed by atoms with Crippen molar-refractivity contribution >= 4 is 18.4 Å². The van der Waals surface area contributed by atoms with Crippen LogP contribution in [0.25, 0.3) is 11.3 Å². The van der Waals surface area contributed by atoms with Crippen molar-refractivity contribution in [2.24, 2.45) is 0 Å². The van der Waals surface area contributed by atoms with E-state index in [1.54, 1.807) is 0 Å². The third-order valence-electron chi connectivity index (χ3n) is 2.53. The smallest absolute Gasteiger partial charge is 0.304 e. The van der Waals surface area contributed by atoms with E-state index in [1.807, 2.05) is 42.5 Å². The summed E-state index contributed by atoms with van der Waals surface area (Å²) in [6.45, 7) is 0.983. The van der Waals surface area contributed by atoms with Crippen LogP contribution in [0.5, 0.6) is 0 Å². The fourth-order valence-electron chi connectivity index (χ4n) is 1.64. The van der Waals surface area contributed by atoms with E-state index in [-0.39, 0.29) is 18.8 Å². The number of nitrogens with one attached hydrogen (secondary N) is 1. The molecule has 0 saturated heterocycles. The number of carboxylic acid groups (broad SMARTS) is 1. The number of furan rings is 1. The van der Waals surface area contributed by atoms with Crippen LogP contribution >= 0.6 is 12.4 Å². The predicted octanol–water partition coefficient (Wildman–Crippen LogP) is 2.93. The van der Waals surface area contributed by atoms with Gasteiger partial charge in [-0.15, -0.1) is 12.4 Å². The number of carboxylic acids is 1. The second-order valence-corrected chi connectivity index (χ2v) is 3.95. The van der Waals surface area contributed by atoms with Crippen molar-refractivity contribution in [1.82, 2.24) is 5.32 Å². The largest absolute Gasteiger partial charge is 0.481 e. The van der Waals surface area contributed by atoms with Crippen LogP contribution in [0, 0.1) is 0 Å². The standard InChI is InChI=1S/C14H15NO3.ClH/c16-14(17)8-9-15-10-12-6-7-13(18-12)11-4-2-1-3-5-11;/h1-7,15H,8-10H2,(H,16,17);1H. The SMILES string of the molecule is Cl.O=C(O)CCNCc1ccc(-c2ccccc2)o1. The molecule has 0 spiro atoms. The van der Waals surface area contributed by atoms with Gasteiger partial charge in [-0.1, -0.05) is 30.3 Å². The molecule has 4 nitrogen and oxygen atoms in total. The number of aliphatic carboxylic acids is 1. The van der Waals surface area contributed by atoms with Crippen LogP contribution in [-0.4, -0.2) is 17.6 Å². The van der Waals surface area contributed by atoms with Gasteiger partial charge in [-0.2, -0.15) is 0 Å². The van der Waals surface area contributed by atoms with E-state index in [9.17, 15) is 4.79 Å². The minimum absolute atomic E-state index is 0. The Kier molecular flexibility index (Phi) is 6.12. The average molecular weight is 282 g/mol. The fourth-order valence-corrected chi connectivity index (χ4v) is 1.64. The maximum Gasteiger partial charge on any atom is 0.304 e. The molecule has 1 aromatic heterocycles. The Balaban J connectivity index is 0.00000180. The summed E-state index contributed by atoms with van der Waals surface area (Å²) in [5.41, 5.74) is 1.04. The van der Waals surface area contributed by atoms with Crippen molar-refractivity contribution in [2.75, 3.05) is 6.54 Å². The molecule has 0 saturated carbocycles. The van der Waals surface area contributed by atoms with E-state index in [2.05, 4.69) is 5.32 Å². The Hall–Kier alpha value is -1.78. The lowest BCUT2D eigenvalue weighted by molar-refractivity contribution is -0.136. The van der Waals surface area contributed by atoms with Crippen LogP contribution in [0.3, 0.4) is 0 Å². The van der Waals surface area contributed by atoms with Gasteiger partial charge < -0.3 is 14.8 Å². The van der Waals surface area contributed by atoms with Gasteiger partial charge in [0.25, 0.3) is 0 Å². The summed E-state index contributed by atoms with van der Waals surface area (Å²) in [4.78, 5) is 10.3. The van der Waals surface area contributed by atoms with Crippen LogP contribution in [0.4, 0.5) is 0 Å². The first-order valence-electron chi connectivity index (χ1n) is 5.82. The summed E-state index contributed by atoms with van der Waals surface area (Å²) < 4.78 is 5.67. The highest BCUT2D eigenvalue weighted by Gasteiger charge is 2.04. The lowest BCUT2D eigenvalue weighted by Crippen LogP contribution is -2.17. The van der Waals surface area contributed by atoms with Crippen molar-refractivity contribution < 1.29 is 14.3 Å². The molecule has 2 aromatic rings. The number of carbonyl (C=O) groups is 1. The Bertz CT molecular complexity index is 510. The number of halogens is 1. The van der Waals surface area contributed by atoms with Crippen molar-refractivity contribution in [3.8, 4) is 11.3 Å². The molecular weight excluding hydrogens is 266 g/mol. The molecule has 0 bridgehead atoms. The molecule has 0 aliphatic heterocycles. The summed E-state index contributed by atoms with van der Waals surface area (Å²) in [7, 11) is 0. The third kappa shape index (κ3) is 4.77. The van der Waals surface area contributed by atoms with Gasteiger partial charge in [0.2, 0.25) is 0 Å². The molecule has 5 heteroatoms. The Morgan fingerprint density at radius 2 is 1.89 bits per heavy atom. The zero-order valence-electron chi connectivity index (χ0n) is 10.3. The zero-order chi connectivity index (χ0) is 12.8. The first kappa shape index (κ1) is 15.3. The molecule has 19 heavy (non-hydrogen) atoms. The van der Waals surface area contributed by atoms with E-state index < -0.39 is 5.97 Å². The topological polar surface area (TPSA) is 62.5 Å². The molecule has 2 rings (SSSR count). The minimum Gasteiger partial charge on any atom is -0.481 e. The van der Waals surface area contributed by atoms with Gasteiger partial charge in [0.1, 0.15) is 11.5 Å².